The Kier molecular flexibility index (Phi) is 7.55. The van der Waals surface area contributed by atoms with Gasteiger partial charge in [-0.1, -0.05) is 90.0 Å². The summed E-state index contributed by atoms with van der Waals surface area (Å²) in [5, 5.41) is 3.09. The van der Waals surface area contributed by atoms with E-state index in [0.29, 0.717) is 5.69 Å². The Labute approximate surface area is 213 Å². The van der Waals surface area contributed by atoms with Crippen LogP contribution in [0.5, 0.6) is 0 Å². The van der Waals surface area contributed by atoms with Crippen molar-refractivity contribution in [2.24, 2.45) is 0 Å². The van der Waals surface area contributed by atoms with Crippen molar-refractivity contribution in [2.45, 2.75) is 31.7 Å². The summed E-state index contributed by atoms with van der Waals surface area (Å²) < 4.78 is 28.6. The van der Waals surface area contributed by atoms with Crippen molar-refractivity contribution in [3.63, 3.8) is 0 Å². The van der Waals surface area contributed by atoms with E-state index in [-0.39, 0.29) is 11.4 Å². The fraction of sp³-hybridized carbons (Fsp3) is 0.167. The van der Waals surface area contributed by atoms with Gasteiger partial charge in [-0.2, -0.15) is 0 Å². The molecule has 4 aromatic carbocycles. The molecule has 4 rings (SSSR count). The highest BCUT2D eigenvalue weighted by Crippen LogP contribution is 2.27. The second-order valence-electron chi connectivity index (χ2n) is 8.93. The fourth-order valence-corrected chi connectivity index (χ4v) is 5.52. The van der Waals surface area contributed by atoms with Crippen molar-refractivity contribution in [1.29, 1.82) is 0 Å². The lowest BCUT2D eigenvalue weighted by atomic mass is 9.95. The lowest BCUT2D eigenvalue weighted by Gasteiger charge is -2.27. The summed E-state index contributed by atoms with van der Waals surface area (Å²) in [5.74, 6) is -0.400. The zero-order valence-electron chi connectivity index (χ0n) is 20.7. The van der Waals surface area contributed by atoms with E-state index in [1.165, 1.54) is 4.31 Å². The molecule has 1 N–H and O–H groups in total. The van der Waals surface area contributed by atoms with Gasteiger partial charge in [0.15, 0.2) is 0 Å². The van der Waals surface area contributed by atoms with Crippen LogP contribution >= 0.6 is 0 Å². The summed E-state index contributed by atoms with van der Waals surface area (Å²) in [6.45, 7) is 5.48. The topological polar surface area (TPSA) is 66.5 Å². The fourth-order valence-electron chi connectivity index (χ4n) is 4.10. The third kappa shape index (κ3) is 5.66. The number of carbonyl (C=O) groups is 1. The van der Waals surface area contributed by atoms with E-state index in [1.807, 2.05) is 87.5 Å². The molecule has 4 aromatic rings. The molecule has 0 fully saturated rings. The van der Waals surface area contributed by atoms with E-state index in [4.69, 9.17) is 0 Å². The first kappa shape index (κ1) is 25.2. The normalized spacial score (nSPS) is 12.1. The molecule has 36 heavy (non-hydrogen) atoms. The van der Waals surface area contributed by atoms with Crippen LogP contribution in [-0.4, -0.2) is 20.9 Å². The number of sulfonamides is 1. The summed E-state index contributed by atoms with van der Waals surface area (Å²) >= 11 is 0. The minimum Gasteiger partial charge on any atom is -0.344 e. The molecule has 1 amide bonds. The maximum Gasteiger partial charge on any atom is 0.264 e. The van der Waals surface area contributed by atoms with Crippen LogP contribution in [0.3, 0.4) is 0 Å². The average molecular weight is 499 g/mol. The van der Waals surface area contributed by atoms with Crippen LogP contribution in [0.15, 0.2) is 108 Å². The Balaban J connectivity index is 1.69. The lowest BCUT2D eigenvalue weighted by Crippen LogP contribution is -2.42. The van der Waals surface area contributed by atoms with Gasteiger partial charge in [0.05, 0.1) is 16.6 Å². The van der Waals surface area contributed by atoms with Crippen molar-refractivity contribution >= 4 is 21.6 Å². The van der Waals surface area contributed by atoms with E-state index in [2.05, 4.69) is 5.32 Å². The second kappa shape index (κ2) is 10.8. The minimum atomic E-state index is -3.98. The van der Waals surface area contributed by atoms with E-state index < -0.39 is 22.0 Å². The van der Waals surface area contributed by atoms with Crippen molar-refractivity contribution in [1.82, 2.24) is 5.32 Å². The van der Waals surface area contributed by atoms with Gasteiger partial charge in [-0.25, -0.2) is 8.42 Å². The molecule has 0 saturated heterocycles. The Hall–Kier alpha value is -3.90. The van der Waals surface area contributed by atoms with Crippen molar-refractivity contribution in [2.75, 3.05) is 10.8 Å². The molecule has 0 bridgehead atoms. The molecular weight excluding hydrogens is 468 g/mol. The highest BCUT2D eigenvalue weighted by atomic mass is 32.2. The number of benzene rings is 4. The molecule has 0 aliphatic rings. The first-order chi connectivity index (χ1) is 17.3. The van der Waals surface area contributed by atoms with Crippen molar-refractivity contribution in [3.05, 3.63) is 131 Å². The molecule has 0 aliphatic carbocycles. The number of nitrogens with one attached hydrogen (secondary N) is 1. The smallest absolute Gasteiger partial charge is 0.264 e. The number of aryl methyl sites for hydroxylation is 3. The molecule has 0 aliphatic heterocycles. The van der Waals surface area contributed by atoms with E-state index in [1.54, 1.807) is 36.4 Å². The SMILES string of the molecule is Cc1ccc(N(CC(=O)NC(c2ccccc2)c2ccccc2C)S(=O)(=O)c2ccc(C)cc2)cc1. The Morgan fingerprint density at radius 1 is 0.750 bits per heavy atom. The first-order valence-corrected chi connectivity index (χ1v) is 13.3. The van der Waals surface area contributed by atoms with Crippen molar-refractivity contribution < 1.29 is 13.2 Å². The van der Waals surface area contributed by atoms with E-state index in [9.17, 15) is 13.2 Å². The quantitative estimate of drug-likeness (QED) is 0.338. The zero-order chi connectivity index (χ0) is 25.7. The van der Waals surface area contributed by atoms with Gasteiger partial charge in [-0.15, -0.1) is 0 Å². The Bertz CT molecular complexity index is 1430. The van der Waals surface area contributed by atoms with Crippen LogP contribution in [0.1, 0.15) is 33.9 Å². The zero-order valence-corrected chi connectivity index (χ0v) is 21.5. The predicted octanol–water partition coefficient (Wildman–Crippen LogP) is 5.71. The average Bonchev–Trinajstić information content (AvgIpc) is 2.88. The summed E-state index contributed by atoms with van der Waals surface area (Å²) in [6, 6.07) is 30.9. The van der Waals surface area contributed by atoms with Crippen LogP contribution < -0.4 is 9.62 Å². The molecule has 1 unspecified atom stereocenters. The summed E-state index contributed by atoms with van der Waals surface area (Å²) in [7, 11) is -3.98. The number of amides is 1. The number of hydrogen-bond acceptors (Lipinski definition) is 3. The van der Waals surface area contributed by atoms with Gasteiger partial charge in [-0.3, -0.25) is 9.10 Å². The molecule has 0 spiro atoms. The molecule has 184 valence electrons. The maximum absolute atomic E-state index is 13.7. The standard InChI is InChI=1S/C30H30N2O3S/c1-22-13-17-26(18-14-22)32(36(34,35)27-19-15-23(2)16-20-27)21-29(33)31-30(25-10-5-4-6-11-25)28-12-8-7-9-24(28)3/h4-20,30H,21H2,1-3H3,(H,31,33). The lowest BCUT2D eigenvalue weighted by molar-refractivity contribution is -0.120. The number of carbonyl (C=O) groups excluding carboxylic acids is 1. The number of nitrogens with zero attached hydrogens (tertiary/aromatic N) is 1. The maximum atomic E-state index is 13.7. The van der Waals surface area contributed by atoms with Gasteiger partial charge in [-0.05, 0) is 61.7 Å². The second-order valence-corrected chi connectivity index (χ2v) is 10.8. The van der Waals surface area contributed by atoms with Crippen LogP contribution in [0.25, 0.3) is 0 Å². The van der Waals surface area contributed by atoms with Gasteiger partial charge >= 0.3 is 0 Å². The number of anilines is 1. The molecule has 0 radical (unpaired) electrons. The van der Waals surface area contributed by atoms with Crippen LogP contribution in [0.2, 0.25) is 0 Å². The third-order valence-electron chi connectivity index (χ3n) is 6.16. The van der Waals surface area contributed by atoms with Crippen molar-refractivity contribution in [3.8, 4) is 0 Å². The summed E-state index contributed by atoms with van der Waals surface area (Å²) in [5.41, 5.74) is 5.30. The molecule has 0 aromatic heterocycles. The number of hydrogen-bond donors (Lipinski definition) is 1. The largest absolute Gasteiger partial charge is 0.344 e. The molecule has 0 saturated carbocycles. The molecule has 1 atom stereocenters. The van der Waals surface area contributed by atoms with Gasteiger partial charge < -0.3 is 5.32 Å². The summed E-state index contributed by atoms with van der Waals surface area (Å²) in [6.07, 6.45) is 0. The monoisotopic (exact) mass is 498 g/mol. The van der Waals surface area contributed by atoms with E-state index >= 15 is 0 Å². The highest BCUT2D eigenvalue weighted by molar-refractivity contribution is 7.92. The van der Waals surface area contributed by atoms with Crippen LogP contribution in [-0.2, 0) is 14.8 Å². The van der Waals surface area contributed by atoms with Gasteiger partial charge in [0.25, 0.3) is 10.0 Å². The Morgan fingerprint density at radius 2 is 1.31 bits per heavy atom. The molecule has 6 heteroatoms. The van der Waals surface area contributed by atoms with Gasteiger partial charge in [0.2, 0.25) is 5.91 Å². The van der Waals surface area contributed by atoms with E-state index in [0.717, 1.165) is 27.8 Å². The minimum absolute atomic E-state index is 0.139. The van der Waals surface area contributed by atoms with Crippen LogP contribution in [0.4, 0.5) is 5.69 Å². The first-order valence-electron chi connectivity index (χ1n) is 11.8. The predicted molar refractivity (Wildman–Crippen MR) is 144 cm³/mol. The number of rotatable bonds is 8. The van der Waals surface area contributed by atoms with Crippen LogP contribution in [0, 0.1) is 20.8 Å². The Morgan fingerprint density at radius 3 is 1.92 bits per heavy atom. The highest BCUT2D eigenvalue weighted by Gasteiger charge is 2.28. The van der Waals surface area contributed by atoms with Gasteiger partial charge in [0, 0.05) is 0 Å². The molecule has 0 heterocycles. The van der Waals surface area contributed by atoms with Gasteiger partial charge in [0.1, 0.15) is 6.54 Å². The summed E-state index contributed by atoms with van der Waals surface area (Å²) in [4.78, 5) is 13.6. The molecular formula is C30H30N2O3S. The third-order valence-corrected chi connectivity index (χ3v) is 7.94. The molecule has 5 nitrogen and oxygen atoms in total.